The third-order valence-corrected chi connectivity index (χ3v) is 4.50. The third-order valence-electron chi connectivity index (χ3n) is 3.02. The van der Waals surface area contributed by atoms with Crippen LogP contribution in [-0.4, -0.2) is 24.5 Å². The SMILES string of the molecule is CCOc1ccc(OC(C)C(=O)NNC(=O)c2cc(Cl)sc2Cl)cc1. The Morgan fingerprint density at radius 1 is 1.16 bits per heavy atom. The van der Waals surface area contributed by atoms with Crippen molar-refractivity contribution in [3.05, 3.63) is 44.6 Å². The second-order valence-electron chi connectivity index (χ2n) is 4.85. The number of rotatable bonds is 6. The van der Waals surface area contributed by atoms with Crippen molar-refractivity contribution in [1.82, 2.24) is 10.9 Å². The van der Waals surface area contributed by atoms with E-state index in [-0.39, 0.29) is 9.90 Å². The first-order valence-electron chi connectivity index (χ1n) is 7.35. The number of hydrogen-bond donors (Lipinski definition) is 2. The molecule has 0 bridgehead atoms. The van der Waals surface area contributed by atoms with Crippen molar-refractivity contribution in [2.24, 2.45) is 0 Å². The highest BCUT2D eigenvalue weighted by molar-refractivity contribution is 7.20. The van der Waals surface area contributed by atoms with E-state index in [0.717, 1.165) is 11.3 Å². The molecule has 2 rings (SSSR count). The average molecular weight is 403 g/mol. The van der Waals surface area contributed by atoms with Gasteiger partial charge in [-0.3, -0.25) is 20.4 Å². The summed E-state index contributed by atoms with van der Waals surface area (Å²) in [5.41, 5.74) is 4.75. The predicted octanol–water partition coefficient (Wildman–Crippen LogP) is 3.68. The van der Waals surface area contributed by atoms with Crippen LogP contribution in [0.15, 0.2) is 30.3 Å². The molecule has 1 atom stereocenters. The van der Waals surface area contributed by atoms with E-state index < -0.39 is 17.9 Å². The van der Waals surface area contributed by atoms with Crippen LogP contribution in [0.2, 0.25) is 8.67 Å². The van der Waals surface area contributed by atoms with Gasteiger partial charge in [0.1, 0.15) is 15.8 Å². The van der Waals surface area contributed by atoms with Gasteiger partial charge >= 0.3 is 0 Å². The first-order chi connectivity index (χ1) is 11.9. The molecule has 1 aromatic heterocycles. The Hall–Kier alpha value is -1.96. The van der Waals surface area contributed by atoms with E-state index in [2.05, 4.69) is 10.9 Å². The van der Waals surface area contributed by atoms with Crippen molar-refractivity contribution in [2.75, 3.05) is 6.61 Å². The van der Waals surface area contributed by atoms with Gasteiger partial charge in [0.15, 0.2) is 6.10 Å². The maximum atomic E-state index is 12.0. The zero-order valence-corrected chi connectivity index (χ0v) is 15.8. The van der Waals surface area contributed by atoms with Crippen LogP contribution in [-0.2, 0) is 4.79 Å². The Morgan fingerprint density at radius 2 is 1.80 bits per heavy atom. The fourth-order valence-electron chi connectivity index (χ4n) is 1.82. The molecule has 0 radical (unpaired) electrons. The molecule has 0 saturated heterocycles. The molecule has 1 heterocycles. The van der Waals surface area contributed by atoms with Gasteiger partial charge in [-0.1, -0.05) is 23.2 Å². The van der Waals surface area contributed by atoms with Crippen LogP contribution in [0, 0.1) is 0 Å². The number of amides is 2. The van der Waals surface area contributed by atoms with Gasteiger partial charge in [-0.2, -0.15) is 0 Å². The molecule has 0 spiro atoms. The van der Waals surface area contributed by atoms with Crippen LogP contribution >= 0.6 is 34.5 Å². The van der Waals surface area contributed by atoms with E-state index in [4.69, 9.17) is 32.7 Å². The number of ether oxygens (including phenoxy) is 2. The molecule has 0 saturated carbocycles. The summed E-state index contributed by atoms with van der Waals surface area (Å²) in [5, 5.41) is 0. The lowest BCUT2D eigenvalue weighted by molar-refractivity contribution is -0.128. The first kappa shape index (κ1) is 19.4. The maximum Gasteiger partial charge on any atom is 0.279 e. The summed E-state index contributed by atoms with van der Waals surface area (Å²) in [6.07, 6.45) is -0.820. The van der Waals surface area contributed by atoms with Gasteiger partial charge in [-0.25, -0.2) is 0 Å². The summed E-state index contributed by atoms with van der Waals surface area (Å²) in [7, 11) is 0. The number of carbonyl (C=O) groups excluding carboxylic acids is 2. The zero-order valence-electron chi connectivity index (χ0n) is 13.5. The molecule has 0 fully saturated rings. The Morgan fingerprint density at radius 3 is 2.36 bits per heavy atom. The smallest absolute Gasteiger partial charge is 0.279 e. The summed E-state index contributed by atoms with van der Waals surface area (Å²) < 4.78 is 11.5. The zero-order chi connectivity index (χ0) is 18.4. The summed E-state index contributed by atoms with van der Waals surface area (Å²) in [5.74, 6) is 0.144. The highest BCUT2D eigenvalue weighted by atomic mass is 35.5. The summed E-state index contributed by atoms with van der Waals surface area (Å²) in [6, 6.07) is 8.30. The monoisotopic (exact) mass is 402 g/mol. The molecular weight excluding hydrogens is 387 g/mol. The molecule has 6 nitrogen and oxygen atoms in total. The van der Waals surface area contributed by atoms with Gasteiger partial charge in [0.25, 0.3) is 11.8 Å². The molecule has 134 valence electrons. The van der Waals surface area contributed by atoms with Gasteiger partial charge in [0, 0.05) is 0 Å². The van der Waals surface area contributed by atoms with Gasteiger partial charge in [0.2, 0.25) is 0 Å². The number of hydrogen-bond acceptors (Lipinski definition) is 5. The minimum Gasteiger partial charge on any atom is -0.494 e. The fourth-order valence-corrected chi connectivity index (χ4v) is 3.28. The lowest BCUT2D eigenvalue weighted by Crippen LogP contribution is -2.47. The molecule has 2 aromatic rings. The number of hydrazine groups is 1. The Balaban J connectivity index is 1.85. The number of thiophene rings is 1. The molecule has 25 heavy (non-hydrogen) atoms. The van der Waals surface area contributed by atoms with E-state index in [1.807, 2.05) is 6.92 Å². The van der Waals surface area contributed by atoms with E-state index in [1.165, 1.54) is 6.07 Å². The van der Waals surface area contributed by atoms with Gasteiger partial charge in [-0.15, -0.1) is 11.3 Å². The highest BCUT2D eigenvalue weighted by Gasteiger charge is 2.18. The minimum absolute atomic E-state index is 0.192. The quantitative estimate of drug-likeness (QED) is 0.722. The molecule has 1 unspecified atom stereocenters. The largest absolute Gasteiger partial charge is 0.494 e. The first-order valence-corrected chi connectivity index (χ1v) is 8.92. The summed E-state index contributed by atoms with van der Waals surface area (Å²) in [4.78, 5) is 24.0. The second kappa shape index (κ2) is 8.94. The molecule has 0 aliphatic carbocycles. The van der Waals surface area contributed by atoms with Crippen molar-refractivity contribution in [3.8, 4) is 11.5 Å². The van der Waals surface area contributed by atoms with Gasteiger partial charge in [0.05, 0.1) is 16.5 Å². The van der Waals surface area contributed by atoms with E-state index in [1.54, 1.807) is 31.2 Å². The van der Waals surface area contributed by atoms with Crippen molar-refractivity contribution < 1.29 is 19.1 Å². The van der Waals surface area contributed by atoms with Crippen molar-refractivity contribution in [1.29, 1.82) is 0 Å². The summed E-state index contributed by atoms with van der Waals surface area (Å²) >= 11 is 12.7. The topological polar surface area (TPSA) is 76.7 Å². The normalized spacial score (nSPS) is 11.5. The molecule has 2 N–H and O–H groups in total. The van der Waals surface area contributed by atoms with Crippen molar-refractivity contribution in [2.45, 2.75) is 20.0 Å². The van der Waals surface area contributed by atoms with Crippen LogP contribution < -0.4 is 20.3 Å². The number of carbonyl (C=O) groups is 2. The number of halogens is 2. The average Bonchev–Trinajstić information content (AvgIpc) is 2.92. The standard InChI is InChI=1S/C16H16Cl2N2O4S/c1-3-23-10-4-6-11(7-5-10)24-9(2)15(21)19-20-16(22)12-8-13(17)25-14(12)18/h4-9H,3H2,1-2H3,(H,19,21)(H,20,22). The lowest BCUT2D eigenvalue weighted by Gasteiger charge is -2.15. The van der Waals surface area contributed by atoms with Crippen molar-refractivity contribution >= 4 is 46.4 Å². The molecule has 1 aromatic carbocycles. The minimum atomic E-state index is -0.820. The highest BCUT2D eigenvalue weighted by Crippen LogP contribution is 2.30. The number of benzene rings is 1. The van der Waals surface area contributed by atoms with Crippen LogP contribution in [0.1, 0.15) is 24.2 Å². The van der Waals surface area contributed by atoms with Crippen LogP contribution in [0.25, 0.3) is 0 Å². The Bertz CT molecular complexity index is 749. The van der Waals surface area contributed by atoms with E-state index in [9.17, 15) is 9.59 Å². The van der Waals surface area contributed by atoms with Gasteiger partial charge < -0.3 is 9.47 Å². The lowest BCUT2D eigenvalue weighted by atomic mass is 10.3. The second-order valence-corrected chi connectivity index (χ2v) is 7.13. The maximum absolute atomic E-state index is 12.0. The van der Waals surface area contributed by atoms with Gasteiger partial charge in [-0.05, 0) is 44.2 Å². The molecule has 2 amide bonds. The third kappa shape index (κ3) is 5.52. The summed E-state index contributed by atoms with van der Waals surface area (Å²) in [6.45, 7) is 4.02. The molecular formula is C16H16Cl2N2O4S. The van der Waals surface area contributed by atoms with Crippen LogP contribution in [0.3, 0.4) is 0 Å². The fraction of sp³-hybridized carbons (Fsp3) is 0.250. The Labute approximate surface area is 159 Å². The molecule has 0 aliphatic heterocycles. The van der Waals surface area contributed by atoms with Crippen molar-refractivity contribution in [3.63, 3.8) is 0 Å². The molecule has 9 heteroatoms. The van der Waals surface area contributed by atoms with Crippen LogP contribution in [0.4, 0.5) is 0 Å². The van der Waals surface area contributed by atoms with E-state index >= 15 is 0 Å². The predicted molar refractivity (Wildman–Crippen MR) is 97.6 cm³/mol. The number of nitrogens with one attached hydrogen (secondary N) is 2. The van der Waals surface area contributed by atoms with E-state index in [0.29, 0.717) is 22.4 Å². The Kier molecular flexibility index (Phi) is 6.92. The molecule has 0 aliphatic rings. The van der Waals surface area contributed by atoms with Crippen LogP contribution in [0.5, 0.6) is 11.5 Å².